The van der Waals surface area contributed by atoms with Crippen LogP contribution >= 0.6 is 0 Å². The van der Waals surface area contributed by atoms with E-state index in [1.54, 1.807) is 36.4 Å². The lowest BCUT2D eigenvalue weighted by Crippen LogP contribution is -2.42. The molecule has 4 aromatic carbocycles. The molecule has 0 aliphatic carbocycles. The van der Waals surface area contributed by atoms with E-state index in [-0.39, 0.29) is 40.2 Å². The number of hydrogen-bond donors (Lipinski definition) is 6. The highest BCUT2D eigenvalue weighted by molar-refractivity contribution is 7.91. The Labute approximate surface area is 302 Å². The maximum atomic E-state index is 13.0. The zero-order chi connectivity index (χ0) is 36.5. The summed E-state index contributed by atoms with van der Waals surface area (Å²) in [6.45, 7) is 3.26. The minimum atomic E-state index is -3.55. The van der Waals surface area contributed by atoms with Crippen molar-refractivity contribution in [2.75, 3.05) is 43.9 Å². The predicted octanol–water partition coefficient (Wildman–Crippen LogP) is 4.76. The normalized spacial score (nSPS) is 14.6. The van der Waals surface area contributed by atoms with E-state index in [2.05, 4.69) is 25.8 Å². The zero-order valence-electron chi connectivity index (χ0n) is 28.6. The van der Waals surface area contributed by atoms with E-state index < -0.39 is 22.0 Å². The standard InChI is InChI=1S/C39H43N5O7S/c45-35-16-14-32(33-15-17-37(47)43-38(33)35)36(46)25-41-24-27-10-12-30(13-11-27)52(49,50)26-40-20-23-44-21-18-29(19-22-44)51-39(48)42-34-9-5-4-8-31(34)28-6-2-1-3-7-28/h1-17,29,36,40-41,45-46H,18-26H2,(H,42,48)(H,43,47)/t36-/m1/s1. The Bertz CT molecular complexity index is 2130. The maximum absolute atomic E-state index is 13.0. The molecule has 2 heterocycles. The van der Waals surface area contributed by atoms with Crippen molar-refractivity contribution >= 4 is 32.5 Å². The van der Waals surface area contributed by atoms with E-state index >= 15 is 0 Å². The number of sulfone groups is 1. The Morgan fingerprint density at radius 3 is 2.40 bits per heavy atom. The van der Waals surface area contributed by atoms with Crippen LogP contribution in [0.1, 0.15) is 30.1 Å². The van der Waals surface area contributed by atoms with Gasteiger partial charge < -0.3 is 35.5 Å². The number of fused-ring (bicyclic) bond motifs is 1. The molecule has 12 nitrogen and oxygen atoms in total. The summed E-state index contributed by atoms with van der Waals surface area (Å²) < 4.78 is 31.7. The van der Waals surface area contributed by atoms with Crippen molar-refractivity contribution in [3.05, 3.63) is 125 Å². The number of aromatic hydroxyl groups is 1. The molecular formula is C39H43N5O7S. The van der Waals surface area contributed by atoms with E-state index in [1.165, 1.54) is 12.1 Å². The smallest absolute Gasteiger partial charge is 0.411 e. The molecule has 1 saturated heterocycles. The largest absolute Gasteiger partial charge is 0.506 e. The first-order valence-corrected chi connectivity index (χ1v) is 18.9. The molecule has 6 N–H and O–H groups in total. The molecule has 0 radical (unpaired) electrons. The third-order valence-corrected chi connectivity index (χ3v) is 10.7. The Kier molecular flexibility index (Phi) is 12.0. The summed E-state index contributed by atoms with van der Waals surface area (Å²) in [5.41, 5.74) is 3.95. The quantitative estimate of drug-likeness (QED) is 0.0877. The van der Waals surface area contributed by atoms with Crippen LogP contribution in [0, 0.1) is 0 Å². The highest BCUT2D eigenvalue weighted by Crippen LogP contribution is 2.29. The number of piperidine rings is 1. The number of aromatic nitrogens is 1. The van der Waals surface area contributed by atoms with E-state index in [1.807, 2.05) is 54.6 Å². The summed E-state index contributed by atoms with van der Waals surface area (Å²) in [4.78, 5) is 29.4. The zero-order valence-corrected chi connectivity index (χ0v) is 29.4. The summed E-state index contributed by atoms with van der Waals surface area (Å²) in [7, 11) is -3.55. The lowest BCUT2D eigenvalue weighted by molar-refractivity contribution is 0.0594. The van der Waals surface area contributed by atoms with Crippen LogP contribution in [0.15, 0.2) is 113 Å². The van der Waals surface area contributed by atoms with Gasteiger partial charge in [0.2, 0.25) is 5.56 Å². The molecule has 1 aromatic heterocycles. The van der Waals surface area contributed by atoms with E-state index in [4.69, 9.17) is 4.74 Å². The fourth-order valence-corrected chi connectivity index (χ4v) is 7.49. The molecule has 5 aromatic rings. The molecular weight excluding hydrogens is 683 g/mol. The third kappa shape index (κ3) is 9.43. The number of ether oxygens (including phenoxy) is 1. The minimum Gasteiger partial charge on any atom is -0.506 e. The molecule has 0 unspecified atom stereocenters. The summed E-state index contributed by atoms with van der Waals surface area (Å²) in [6, 6.07) is 30.1. The second-order valence-electron chi connectivity index (χ2n) is 12.8. The van der Waals surface area contributed by atoms with Crippen LogP contribution < -0.4 is 21.5 Å². The highest BCUT2D eigenvalue weighted by atomic mass is 32.2. The number of likely N-dealkylation sites (tertiary alicyclic amines) is 1. The van der Waals surface area contributed by atoms with E-state index in [0.717, 1.165) is 29.8 Å². The Morgan fingerprint density at radius 2 is 1.63 bits per heavy atom. The van der Waals surface area contributed by atoms with Gasteiger partial charge in [-0.15, -0.1) is 0 Å². The molecule has 1 aliphatic heterocycles. The molecule has 1 aliphatic rings. The first-order valence-electron chi connectivity index (χ1n) is 17.3. The van der Waals surface area contributed by atoms with Crippen molar-refractivity contribution < 1.29 is 28.2 Å². The predicted molar refractivity (Wildman–Crippen MR) is 201 cm³/mol. The number of nitrogens with zero attached hydrogens (tertiary/aromatic N) is 1. The summed E-state index contributed by atoms with van der Waals surface area (Å²) >= 11 is 0. The first-order chi connectivity index (χ1) is 25.2. The van der Waals surface area contributed by atoms with Gasteiger partial charge in [-0.05, 0) is 59.9 Å². The average molecular weight is 726 g/mol. The molecule has 1 fully saturated rings. The molecule has 272 valence electrons. The summed E-state index contributed by atoms with van der Waals surface area (Å²) in [5, 5.41) is 30.5. The lowest BCUT2D eigenvalue weighted by Gasteiger charge is -2.31. The number of rotatable bonds is 14. The highest BCUT2D eigenvalue weighted by Gasteiger charge is 2.23. The Balaban J connectivity index is 0.886. The number of phenols is 1. The van der Waals surface area contributed by atoms with Gasteiger partial charge >= 0.3 is 6.09 Å². The van der Waals surface area contributed by atoms with Crippen molar-refractivity contribution in [3.63, 3.8) is 0 Å². The van der Waals surface area contributed by atoms with Crippen LogP contribution in [-0.2, 0) is 21.1 Å². The van der Waals surface area contributed by atoms with Crippen molar-refractivity contribution in [2.45, 2.75) is 36.5 Å². The lowest BCUT2D eigenvalue weighted by atomic mass is 10.0. The van der Waals surface area contributed by atoms with Crippen molar-refractivity contribution in [1.29, 1.82) is 0 Å². The number of para-hydroxylation sites is 1. The van der Waals surface area contributed by atoms with Crippen molar-refractivity contribution in [3.8, 4) is 16.9 Å². The number of H-pyrrole nitrogens is 1. The number of aliphatic hydroxyl groups is 1. The number of amides is 1. The van der Waals surface area contributed by atoms with Crippen LogP contribution in [0.5, 0.6) is 5.75 Å². The number of carbonyl (C=O) groups is 1. The SMILES string of the molecule is O=C(Nc1ccccc1-c1ccccc1)OC1CCN(CCNCS(=O)(=O)c2ccc(CNC[C@@H](O)c3ccc(O)c4[nH]c(=O)ccc34)cc2)CC1. The van der Waals surface area contributed by atoms with Gasteiger partial charge in [-0.1, -0.05) is 66.7 Å². The number of anilines is 1. The first kappa shape index (κ1) is 36.7. The van der Waals surface area contributed by atoms with Crippen LogP contribution in [0.3, 0.4) is 0 Å². The third-order valence-electron chi connectivity index (χ3n) is 9.17. The van der Waals surface area contributed by atoms with Gasteiger partial charge in [0.05, 0.1) is 22.2 Å². The second-order valence-corrected chi connectivity index (χ2v) is 14.8. The molecule has 0 saturated carbocycles. The van der Waals surface area contributed by atoms with Crippen LogP contribution in [-0.4, -0.2) is 79.3 Å². The molecule has 0 bridgehead atoms. The number of pyridine rings is 1. The van der Waals surface area contributed by atoms with Gasteiger partial charge in [-0.25, -0.2) is 13.2 Å². The summed E-state index contributed by atoms with van der Waals surface area (Å²) in [6.07, 6.45) is -0.176. The minimum absolute atomic E-state index is 0.0746. The molecule has 0 spiro atoms. The monoisotopic (exact) mass is 725 g/mol. The number of phenolic OH excluding ortho intramolecular Hbond substituents is 1. The fraction of sp³-hybridized carbons (Fsp3) is 0.282. The molecule has 6 rings (SSSR count). The average Bonchev–Trinajstić information content (AvgIpc) is 3.15. The number of aromatic amines is 1. The maximum Gasteiger partial charge on any atom is 0.411 e. The van der Waals surface area contributed by atoms with Crippen LogP contribution in [0.2, 0.25) is 0 Å². The molecule has 52 heavy (non-hydrogen) atoms. The van der Waals surface area contributed by atoms with Gasteiger partial charge in [0, 0.05) is 56.3 Å². The van der Waals surface area contributed by atoms with Gasteiger partial charge in [0.25, 0.3) is 0 Å². The number of nitrogens with one attached hydrogen (secondary N) is 4. The number of aliphatic hydroxyl groups excluding tert-OH is 1. The number of hydrogen-bond acceptors (Lipinski definition) is 10. The van der Waals surface area contributed by atoms with Crippen molar-refractivity contribution in [2.24, 2.45) is 0 Å². The van der Waals surface area contributed by atoms with Crippen LogP contribution in [0.25, 0.3) is 22.0 Å². The van der Waals surface area contributed by atoms with Gasteiger partial charge in [0.15, 0.2) is 9.84 Å². The summed E-state index contributed by atoms with van der Waals surface area (Å²) in [5.74, 6) is -0.262. The van der Waals surface area contributed by atoms with Gasteiger partial charge in [-0.3, -0.25) is 10.1 Å². The molecule has 1 amide bonds. The van der Waals surface area contributed by atoms with E-state index in [9.17, 15) is 28.2 Å². The topological polar surface area (TPSA) is 173 Å². The number of benzene rings is 4. The molecule has 13 heteroatoms. The van der Waals surface area contributed by atoms with E-state index in [0.29, 0.717) is 49.1 Å². The second kappa shape index (κ2) is 17.0. The molecule has 1 atom stereocenters. The van der Waals surface area contributed by atoms with Crippen molar-refractivity contribution in [1.82, 2.24) is 20.5 Å². The van der Waals surface area contributed by atoms with Gasteiger partial charge in [0.1, 0.15) is 17.7 Å². The number of carbonyl (C=O) groups excluding carboxylic acids is 1. The Hall–Kier alpha value is -5.05. The Morgan fingerprint density at radius 1 is 0.904 bits per heavy atom. The van der Waals surface area contributed by atoms with Gasteiger partial charge in [-0.2, -0.15) is 0 Å². The fourth-order valence-electron chi connectivity index (χ4n) is 6.36. The van der Waals surface area contributed by atoms with Crippen LogP contribution in [0.4, 0.5) is 10.5 Å².